The third kappa shape index (κ3) is 3.89. The number of hydrogen-bond acceptors (Lipinski definition) is 3. The molecule has 3 rings (SSSR count). The Morgan fingerprint density at radius 2 is 2.00 bits per heavy atom. The maximum atomic E-state index is 12.1. The Hall–Kier alpha value is -2.03. The number of nitrogens with one attached hydrogen (secondary N) is 1. The van der Waals surface area contributed by atoms with E-state index in [1.165, 1.54) is 11.8 Å². The van der Waals surface area contributed by atoms with E-state index in [4.69, 9.17) is 0 Å². The van der Waals surface area contributed by atoms with Gasteiger partial charge in [-0.2, -0.15) is 5.26 Å². The van der Waals surface area contributed by atoms with Crippen molar-refractivity contribution in [3.63, 3.8) is 0 Å². The van der Waals surface area contributed by atoms with Crippen LogP contribution in [0.1, 0.15) is 23.5 Å². The van der Waals surface area contributed by atoms with Crippen molar-refractivity contribution in [2.45, 2.75) is 18.1 Å². The molecule has 0 saturated heterocycles. The van der Waals surface area contributed by atoms with Crippen LogP contribution in [-0.4, -0.2) is 5.91 Å². The van der Waals surface area contributed by atoms with Crippen LogP contribution in [0.5, 0.6) is 0 Å². The van der Waals surface area contributed by atoms with Crippen molar-refractivity contribution in [3.05, 3.63) is 80.8 Å². The molecule has 24 heavy (non-hydrogen) atoms. The average molecular weight is 399 g/mol. The van der Waals surface area contributed by atoms with Crippen LogP contribution in [0.15, 0.2) is 69.7 Å². The molecule has 1 atom stereocenters. The second-order valence-corrected chi connectivity index (χ2v) is 7.39. The van der Waals surface area contributed by atoms with Crippen LogP contribution in [0.2, 0.25) is 0 Å². The van der Waals surface area contributed by atoms with Gasteiger partial charge < -0.3 is 5.32 Å². The van der Waals surface area contributed by atoms with Crippen molar-refractivity contribution in [2.75, 3.05) is 0 Å². The summed E-state index contributed by atoms with van der Waals surface area (Å²) in [6, 6.07) is 20.1. The third-order valence-electron chi connectivity index (χ3n) is 3.83. The molecule has 0 aliphatic carbocycles. The minimum atomic E-state index is -0.195. The van der Waals surface area contributed by atoms with Crippen molar-refractivity contribution < 1.29 is 4.79 Å². The van der Waals surface area contributed by atoms with Gasteiger partial charge in [0.1, 0.15) is 0 Å². The van der Waals surface area contributed by atoms with E-state index in [1.807, 2.05) is 54.6 Å². The van der Waals surface area contributed by atoms with Crippen molar-refractivity contribution in [3.8, 4) is 6.07 Å². The lowest BCUT2D eigenvalue weighted by atomic mass is 9.87. The van der Waals surface area contributed by atoms with E-state index in [9.17, 15) is 10.1 Å². The van der Waals surface area contributed by atoms with Crippen LogP contribution >= 0.6 is 27.7 Å². The molecule has 0 fully saturated rings. The van der Waals surface area contributed by atoms with E-state index in [-0.39, 0.29) is 11.8 Å². The molecule has 2 aromatic carbocycles. The fraction of sp³-hybridized carbons (Fsp3) is 0.158. The molecule has 1 heterocycles. The number of carbonyl (C=O) groups is 1. The SMILES string of the molecule is N#CC1=C(SCc2ccccc2)NC(=O)C[C@H]1c1cccc(Br)c1. The van der Waals surface area contributed by atoms with Crippen molar-refractivity contribution in [1.29, 1.82) is 5.26 Å². The van der Waals surface area contributed by atoms with Crippen LogP contribution in [0, 0.1) is 11.3 Å². The van der Waals surface area contributed by atoms with Gasteiger partial charge in [0.05, 0.1) is 16.7 Å². The van der Waals surface area contributed by atoms with E-state index in [2.05, 4.69) is 27.3 Å². The van der Waals surface area contributed by atoms with E-state index in [0.29, 0.717) is 22.8 Å². The Kier molecular flexibility index (Phi) is 5.39. The summed E-state index contributed by atoms with van der Waals surface area (Å²) in [5, 5.41) is 13.2. The maximum Gasteiger partial charge on any atom is 0.225 e. The highest BCUT2D eigenvalue weighted by atomic mass is 79.9. The molecule has 1 N–H and O–H groups in total. The quantitative estimate of drug-likeness (QED) is 0.810. The van der Waals surface area contributed by atoms with Crippen molar-refractivity contribution in [1.82, 2.24) is 5.32 Å². The average Bonchev–Trinajstić information content (AvgIpc) is 2.60. The molecule has 1 aliphatic heterocycles. The molecule has 0 saturated carbocycles. The Balaban J connectivity index is 1.89. The number of carbonyl (C=O) groups excluding carboxylic acids is 1. The summed E-state index contributed by atoms with van der Waals surface area (Å²) in [4.78, 5) is 12.1. The van der Waals surface area contributed by atoms with Crippen LogP contribution < -0.4 is 5.32 Å². The van der Waals surface area contributed by atoms with Gasteiger partial charge in [0, 0.05) is 22.6 Å². The van der Waals surface area contributed by atoms with Gasteiger partial charge in [-0.15, -0.1) is 11.8 Å². The van der Waals surface area contributed by atoms with Gasteiger partial charge in [0.2, 0.25) is 5.91 Å². The molecular formula is C19H15BrN2OS. The smallest absolute Gasteiger partial charge is 0.225 e. The first-order chi connectivity index (χ1) is 11.7. The number of nitriles is 1. The normalized spacial score (nSPS) is 17.3. The van der Waals surface area contributed by atoms with E-state index in [0.717, 1.165) is 15.6 Å². The highest BCUT2D eigenvalue weighted by Crippen LogP contribution is 2.37. The number of rotatable bonds is 4. The van der Waals surface area contributed by atoms with Gasteiger partial charge in [0.25, 0.3) is 0 Å². The zero-order chi connectivity index (χ0) is 16.9. The number of thioether (sulfide) groups is 1. The molecule has 1 aliphatic rings. The van der Waals surface area contributed by atoms with Gasteiger partial charge in [-0.05, 0) is 23.3 Å². The highest BCUT2D eigenvalue weighted by molar-refractivity contribution is 9.10. The molecule has 0 radical (unpaired) electrons. The van der Waals surface area contributed by atoms with Crippen molar-refractivity contribution >= 4 is 33.6 Å². The minimum Gasteiger partial charge on any atom is -0.320 e. The second-order valence-electron chi connectivity index (χ2n) is 5.49. The third-order valence-corrected chi connectivity index (χ3v) is 5.41. The molecule has 0 aromatic heterocycles. The standard InChI is InChI=1S/C19H15BrN2OS/c20-15-8-4-7-14(9-15)16-10-18(23)22-19(17(16)11-21)24-12-13-5-2-1-3-6-13/h1-9,16H,10,12H2,(H,22,23)/t16-/m0/s1. The molecule has 0 bridgehead atoms. The lowest BCUT2D eigenvalue weighted by Gasteiger charge is -2.25. The number of amides is 1. The summed E-state index contributed by atoms with van der Waals surface area (Å²) in [6.45, 7) is 0. The fourth-order valence-electron chi connectivity index (χ4n) is 2.67. The zero-order valence-corrected chi connectivity index (χ0v) is 15.2. The van der Waals surface area contributed by atoms with Gasteiger partial charge in [0.15, 0.2) is 0 Å². The first-order valence-corrected chi connectivity index (χ1v) is 9.31. The second kappa shape index (κ2) is 7.69. The first kappa shape index (κ1) is 16.8. The summed E-state index contributed by atoms with van der Waals surface area (Å²) in [6.07, 6.45) is 0.300. The minimum absolute atomic E-state index is 0.0467. The fourth-order valence-corrected chi connectivity index (χ4v) is 4.12. The largest absolute Gasteiger partial charge is 0.320 e. The topological polar surface area (TPSA) is 52.9 Å². The zero-order valence-electron chi connectivity index (χ0n) is 12.8. The maximum absolute atomic E-state index is 12.1. The number of halogens is 1. The van der Waals surface area contributed by atoms with Crippen LogP contribution in [0.3, 0.4) is 0 Å². The molecule has 120 valence electrons. The molecule has 3 nitrogen and oxygen atoms in total. The predicted molar refractivity (Wildman–Crippen MR) is 100 cm³/mol. The summed E-state index contributed by atoms with van der Waals surface area (Å²) >= 11 is 4.96. The molecule has 5 heteroatoms. The number of hydrogen-bond donors (Lipinski definition) is 1. The Morgan fingerprint density at radius 1 is 1.21 bits per heavy atom. The molecule has 2 aromatic rings. The molecule has 1 amide bonds. The predicted octanol–water partition coefficient (Wildman–Crippen LogP) is 4.72. The lowest BCUT2D eigenvalue weighted by Crippen LogP contribution is -2.30. The number of nitrogens with zero attached hydrogens (tertiary/aromatic N) is 1. The Bertz CT molecular complexity index is 827. The van der Waals surface area contributed by atoms with Gasteiger partial charge >= 0.3 is 0 Å². The van der Waals surface area contributed by atoms with E-state index < -0.39 is 0 Å². The first-order valence-electron chi connectivity index (χ1n) is 7.53. The van der Waals surface area contributed by atoms with Gasteiger partial charge in [-0.3, -0.25) is 4.79 Å². The molecule has 0 spiro atoms. The summed E-state index contributed by atoms with van der Waals surface area (Å²) in [5.74, 6) is 0.474. The lowest BCUT2D eigenvalue weighted by molar-refractivity contribution is -0.120. The highest BCUT2D eigenvalue weighted by Gasteiger charge is 2.29. The summed E-state index contributed by atoms with van der Waals surface area (Å²) in [7, 11) is 0. The van der Waals surface area contributed by atoms with Crippen molar-refractivity contribution in [2.24, 2.45) is 0 Å². The monoisotopic (exact) mass is 398 g/mol. The number of allylic oxidation sites excluding steroid dienone is 1. The molecular weight excluding hydrogens is 384 g/mol. The van der Waals surface area contributed by atoms with E-state index in [1.54, 1.807) is 0 Å². The summed E-state index contributed by atoms with van der Waals surface area (Å²) < 4.78 is 0.946. The number of benzene rings is 2. The molecule has 0 unspecified atom stereocenters. The van der Waals surface area contributed by atoms with Crippen LogP contribution in [0.4, 0.5) is 0 Å². The Labute approximate surface area is 153 Å². The van der Waals surface area contributed by atoms with E-state index >= 15 is 0 Å². The summed E-state index contributed by atoms with van der Waals surface area (Å²) in [5.41, 5.74) is 2.77. The Morgan fingerprint density at radius 3 is 2.71 bits per heavy atom. The van der Waals surface area contributed by atoms with Gasteiger partial charge in [-0.25, -0.2) is 0 Å². The van der Waals surface area contributed by atoms with Gasteiger partial charge in [-0.1, -0.05) is 58.4 Å². The van der Waals surface area contributed by atoms with Crippen LogP contribution in [-0.2, 0) is 10.5 Å². The van der Waals surface area contributed by atoms with Crippen LogP contribution in [0.25, 0.3) is 0 Å².